The summed E-state index contributed by atoms with van der Waals surface area (Å²) in [5.74, 6) is -0.0649. The lowest BCUT2D eigenvalue weighted by atomic mass is 10.1. The van der Waals surface area contributed by atoms with Crippen molar-refractivity contribution in [3.8, 4) is 0 Å². The van der Waals surface area contributed by atoms with Crippen LogP contribution < -0.4 is 9.62 Å². The van der Waals surface area contributed by atoms with Crippen molar-refractivity contribution in [2.75, 3.05) is 10.8 Å². The second-order valence-corrected chi connectivity index (χ2v) is 9.08. The molecule has 0 spiro atoms. The minimum Gasteiger partial charge on any atom is -0.352 e. The van der Waals surface area contributed by atoms with Crippen LogP contribution in [-0.4, -0.2) is 26.9 Å². The Balaban J connectivity index is 2.45. The van der Waals surface area contributed by atoms with Crippen LogP contribution >= 0.6 is 0 Å². The minimum atomic E-state index is -3.87. The number of benzene rings is 2. The summed E-state index contributed by atoms with van der Waals surface area (Å²) in [6.45, 7) is 9.46. The van der Waals surface area contributed by atoms with E-state index in [9.17, 15) is 13.2 Å². The Labute approximate surface area is 162 Å². The molecule has 0 aliphatic carbocycles. The number of rotatable bonds is 7. The highest BCUT2D eigenvalue weighted by molar-refractivity contribution is 7.92. The minimum absolute atomic E-state index is 0.0436. The molecule has 2 aromatic carbocycles. The Morgan fingerprint density at radius 2 is 1.67 bits per heavy atom. The Bertz CT molecular complexity index is 893. The van der Waals surface area contributed by atoms with Gasteiger partial charge >= 0.3 is 0 Å². The maximum atomic E-state index is 13.3. The molecule has 0 aliphatic rings. The number of anilines is 1. The molecule has 5 nitrogen and oxygen atoms in total. The lowest BCUT2D eigenvalue weighted by Crippen LogP contribution is -2.45. The van der Waals surface area contributed by atoms with E-state index in [1.807, 2.05) is 46.8 Å². The molecule has 1 N–H and O–H groups in total. The molecule has 0 bridgehead atoms. The average Bonchev–Trinajstić information content (AvgIpc) is 2.60. The van der Waals surface area contributed by atoms with Crippen LogP contribution in [0.15, 0.2) is 53.4 Å². The van der Waals surface area contributed by atoms with E-state index in [0.29, 0.717) is 5.69 Å². The Kier molecular flexibility index (Phi) is 6.65. The molecule has 0 fully saturated rings. The van der Waals surface area contributed by atoms with Crippen molar-refractivity contribution >= 4 is 21.6 Å². The van der Waals surface area contributed by atoms with E-state index < -0.39 is 10.0 Å². The van der Waals surface area contributed by atoms with E-state index in [1.165, 1.54) is 4.31 Å². The number of carbonyl (C=O) groups excluding carboxylic acids is 1. The zero-order chi connectivity index (χ0) is 20.2. The van der Waals surface area contributed by atoms with Gasteiger partial charge in [-0.3, -0.25) is 9.10 Å². The molecular weight excluding hydrogens is 360 g/mol. The fourth-order valence-electron chi connectivity index (χ4n) is 2.70. The molecule has 0 heterocycles. The summed E-state index contributed by atoms with van der Waals surface area (Å²) < 4.78 is 27.7. The monoisotopic (exact) mass is 388 g/mol. The maximum Gasteiger partial charge on any atom is 0.264 e. The normalized spacial score (nSPS) is 12.7. The molecule has 2 aromatic rings. The lowest BCUT2D eigenvalue weighted by Gasteiger charge is -2.27. The second-order valence-electron chi connectivity index (χ2n) is 7.21. The van der Waals surface area contributed by atoms with Crippen LogP contribution in [0.3, 0.4) is 0 Å². The van der Waals surface area contributed by atoms with Crippen molar-refractivity contribution in [3.05, 3.63) is 59.7 Å². The highest BCUT2D eigenvalue weighted by atomic mass is 32.2. The van der Waals surface area contributed by atoms with Gasteiger partial charge in [-0.05, 0) is 50.5 Å². The number of carbonyl (C=O) groups is 1. The van der Waals surface area contributed by atoms with Gasteiger partial charge in [0, 0.05) is 6.04 Å². The van der Waals surface area contributed by atoms with E-state index in [2.05, 4.69) is 5.32 Å². The molecule has 0 aromatic heterocycles. The van der Waals surface area contributed by atoms with Gasteiger partial charge in [-0.15, -0.1) is 0 Å². The van der Waals surface area contributed by atoms with Gasteiger partial charge in [0.15, 0.2) is 0 Å². The van der Waals surface area contributed by atoms with E-state index in [-0.39, 0.29) is 29.3 Å². The second kappa shape index (κ2) is 8.57. The van der Waals surface area contributed by atoms with Crippen molar-refractivity contribution < 1.29 is 13.2 Å². The number of aryl methyl sites for hydroxylation is 2. The molecule has 0 aliphatic heterocycles. The van der Waals surface area contributed by atoms with Gasteiger partial charge in [0.25, 0.3) is 10.0 Å². The number of amides is 1. The molecule has 146 valence electrons. The third-order valence-electron chi connectivity index (χ3n) is 4.63. The molecule has 1 atom stereocenters. The van der Waals surface area contributed by atoms with E-state index in [4.69, 9.17) is 0 Å². The number of nitrogens with zero attached hydrogens (tertiary/aromatic N) is 1. The molecule has 1 unspecified atom stereocenters. The van der Waals surface area contributed by atoms with Crippen LogP contribution in [0.25, 0.3) is 0 Å². The van der Waals surface area contributed by atoms with Gasteiger partial charge in [-0.25, -0.2) is 8.42 Å². The smallest absolute Gasteiger partial charge is 0.264 e. The first-order chi connectivity index (χ1) is 12.6. The highest BCUT2D eigenvalue weighted by Gasteiger charge is 2.28. The molecule has 6 heteroatoms. The highest BCUT2D eigenvalue weighted by Crippen LogP contribution is 2.27. The van der Waals surface area contributed by atoms with Crippen molar-refractivity contribution in [1.29, 1.82) is 0 Å². The first kappa shape index (κ1) is 21.0. The van der Waals surface area contributed by atoms with Gasteiger partial charge in [-0.1, -0.05) is 49.7 Å². The predicted molar refractivity (Wildman–Crippen MR) is 109 cm³/mol. The Morgan fingerprint density at radius 3 is 2.22 bits per heavy atom. The van der Waals surface area contributed by atoms with E-state index in [1.54, 1.807) is 36.4 Å². The van der Waals surface area contributed by atoms with Crippen molar-refractivity contribution in [2.24, 2.45) is 5.92 Å². The lowest BCUT2D eigenvalue weighted by molar-refractivity contribution is -0.120. The Hall–Kier alpha value is -2.34. The quantitative estimate of drug-likeness (QED) is 0.787. The zero-order valence-electron chi connectivity index (χ0n) is 16.6. The third kappa shape index (κ3) is 5.10. The zero-order valence-corrected chi connectivity index (χ0v) is 17.4. The maximum absolute atomic E-state index is 13.3. The summed E-state index contributed by atoms with van der Waals surface area (Å²) >= 11 is 0. The van der Waals surface area contributed by atoms with E-state index in [0.717, 1.165) is 11.1 Å². The number of hydrogen-bond donors (Lipinski definition) is 1. The fourth-order valence-corrected chi connectivity index (χ4v) is 4.21. The first-order valence-electron chi connectivity index (χ1n) is 9.07. The fraction of sp³-hybridized carbons (Fsp3) is 0.381. The van der Waals surface area contributed by atoms with Crippen LogP contribution in [0, 0.1) is 19.8 Å². The van der Waals surface area contributed by atoms with Crippen LogP contribution in [0.4, 0.5) is 5.69 Å². The van der Waals surface area contributed by atoms with Crippen molar-refractivity contribution in [2.45, 2.75) is 45.6 Å². The predicted octanol–water partition coefficient (Wildman–Crippen LogP) is 3.66. The van der Waals surface area contributed by atoms with Gasteiger partial charge in [-0.2, -0.15) is 0 Å². The van der Waals surface area contributed by atoms with Crippen LogP contribution in [0.1, 0.15) is 31.9 Å². The molecule has 0 saturated heterocycles. The summed E-state index contributed by atoms with van der Waals surface area (Å²) in [6.07, 6.45) is 0. The summed E-state index contributed by atoms with van der Waals surface area (Å²) in [4.78, 5) is 12.7. The van der Waals surface area contributed by atoms with Crippen molar-refractivity contribution in [1.82, 2.24) is 5.32 Å². The number of hydrogen-bond acceptors (Lipinski definition) is 3. The van der Waals surface area contributed by atoms with Gasteiger partial charge in [0.1, 0.15) is 6.54 Å². The molecule has 2 rings (SSSR count). The molecule has 27 heavy (non-hydrogen) atoms. The average molecular weight is 389 g/mol. The molecule has 0 radical (unpaired) electrons. The summed E-state index contributed by atoms with van der Waals surface area (Å²) in [5, 5.41) is 2.89. The summed E-state index contributed by atoms with van der Waals surface area (Å²) in [5.41, 5.74) is 2.35. The number of nitrogens with one attached hydrogen (secondary N) is 1. The standard InChI is InChI=1S/C21H28N2O3S/c1-15(2)18(5)22-21(24)14-23(20-12-11-16(3)13-17(20)4)27(25,26)19-9-7-6-8-10-19/h6-13,15,18H,14H2,1-5H3,(H,22,24). The summed E-state index contributed by atoms with van der Waals surface area (Å²) in [6, 6.07) is 13.7. The third-order valence-corrected chi connectivity index (χ3v) is 6.40. The summed E-state index contributed by atoms with van der Waals surface area (Å²) in [7, 11) is -3.87. The topological polar surface area (TPSA) is 66.5 Å². The van der Waals surface area contributed by atoms with Crippen LogP contribution in [-0.2, 0) is 14.8 Å². The van der Waals surface area contributed by atoms with Crippen molar-refractivity contribution in [3.63, 3.8) is 0 Å². The largest absolute Gasteiger partial charge is 0.352 e. The van der Waals surface area contributed by atoms with Gasteiger partial charge in [0.05, 0.1) is 10.6 Å². The number of sulfonamides is 1. The molecule has 0 saturated carbocycles. The Morgan fingerprint density at radius 1 is 1.04 bits per heavy atom. The molecular formula is C21H28N2O3S. The van der Waals surface area contributed by atoms with Crippen LogP contribution in [0.2, 0.25) is 0 Å². The molecule has 1 amide bonds. The van der Waals surface area contributed by atoms with Gasteiger partial charge < -0.3 is 5.32 Å². The SMILES string of the molecule is Cc1ccc(N(CC(=O)NC(C)C(C)C)S(=O)(=O)c2ccccc2)c(C)c1. The first-order valence-corrected chi connectivity index (χ1v) is 10.5. The van der Waals surface area contributed by atoms with E-state index >= 15 is 0 Å². The van der Waals surface area contributed by atoms with Gasteiger partial charge in [0.2, 0.25) is 5.91 Å². The van der Waals surface area contributed by atoms with Crippen LogP contribution in [0.5, 0.6) is 0 Å².